The topological polar surface area (TPSA) is 88.6 Å². The van der Waals surface area contributed by atoms with Crippen molar-refractivity contribution in [3.8, 4) is 5.69 Å². The largest absolute Gasteiger partial charge is 0.461 e. The summed E-state index contributed by atoms with van der Waals surface area (Å²) in [5.74, 6) is 4.45. The van der Waals surface area contributed by atoms with E-state index in [0.717, 1.165) is 46.7 Å². The molecule has 0 spiro atoms. The molecule has 0 saturated carbocycles. The normalized spacial score (nSPS) is 13.3. The van der Waals surface area contributed by atoms with Gasteiger partial charge in [0.2, 0.25) is 0 Å². The molecule has 1 heterocycles. The van der Waals surface area contributed by atoms with Gasteiger partial charge in [-0.3, -0.25) is 0 Å². The van der Waals surface area contributed by atoms with Crippen LogP contribution in [-0.2, 0) is 20.5 Å². The zero-order valence-electron chi connectivity index (χ0n) is 14.0. The molecule has 0 radical (unpaired) electrons. The van der Waals surface area contributed by atoms with Crippen molar-refractivity contribution in [2.75, 3.05) is 6.61 Å². The van der Waals surface area contributed by atoms with E-state index in [-0.39, 0.29) is 5.97 Å². The van der Waals surface area contributed by atoms with E-state index in [1.165, 1.54) is 5.57 Å². The van der Waals surface area contributed by atoms with E-state index in [1.54, 1.807) is 11.6 Å². The molecule has 0 fully saturated rings. The predicted molar refractivity (Wildman–Crippen MR) is 93.7 cm³/mol. The van der Waals surface area contributed by atoms with Crippen molar-refractivity contribution >= 4 is 24.1 Å². The Morgan fingerprint density at radius 3 is 2.76 bits per heavy atom. The van der Waals surface area contributed by atoms with E-state index in [2.05, 4.69) is 27.4 Å². The van der Waals surface area contributed by atoms with Gasteiger partial charge in [0.15, 0.2) is 5.69 Å². The summed E-state index contributed by atoms with van der Waals surface area (Å²) in [6.07, 6.45) is 3.77. The number of hydrogen-bond donors (Lipinski definition) is 1. The van der Waals surface area contributed by atoms with Crippen LogP contribution in [0.4, 0.5) is 0 Å². The average Bonchev–Trinajstić information content (AvgIpc) is 2.99. The van der Waals surface area contributed by atoms with Crippen molar-refractivity contribution < 1.29 is 18.9 Å². The molecule has 1 aromatic heterocycles. The van der Waals surface area contributed by atoms with Gasteiger partial charge in [-0.15, -0.1) is 9.32 Å². The first-order valence-electron chi connectivity index (χ1n) is 7.90. The molecule has 1 aliphatic rings. The second kappa shape index (κ2) is 7.83. The Balaban J connectivity index is 2.00. The van der Waals surface area contributed by atoms with Crippen molar-refractivity contribution in [3.63, 3.8) is 0 Å². The Morgan fingerprint density at radius 2 is 2.08 bits per heavy atom. The maximum Gasteiger partial charge on any atom is 0.359 e. The van der Waals surface area contributed by atoms with Crippen molar-refractivity contribution in [1.82, 2.24) is 9.78 Å². The summed E-state index contributed by atoms with van der Waals surface area (Å²) in [6, 6.07) is 7.50. The van der Waals surface area contributed by atoms with E-state index in [1.807, 2.05) is 24.3 Å². The maximum absolute atomic E-state index is 12.3. The Bertz CT molecular complexity index is 799. The van der Waals surface area contributed by atoms with Gasteiger partial charge in [0.25, 0.3) is 0 Å². The lowest BCUT2D eigenvalue weighted by Crippen LogP contribution is -2.09. The Kier molecular flexibility index (Phi) is 5.54. The molecular weight excluding hydrogens is 342 g/mol. The number of esters is 1. The number of fused-ring (bicyclic) bond motifs is 1. The van der Waals surface area contributed by atoms with Gasteiger partial charge in [-0.05, 0) is 57.0 Å². The first-order chi connectivity index (χ1) is 12.1. The fraction of sp³-hybridized carbons (Fsp3) is 0.294. The highest BCUT2D eigenvalue weighted by atomic mass is 32.2. The molecule has 0 unspecified atom stereocenters. The molecule has 2 aromatic rings. The van der Waals surface area contributed by atoms with E-state index >= 15 is 0 Å². The van der Waals surface area contributed by atoms with Crippen LogP contribution in [0.3, 0.4) is 0 Å². The van der Waals surface area contributed by atoms with E-state index in [9.17, 15) is 4.79 Å². The lowest BCUT2D eigenvalue weighted by Gasteiger charge is -2.12. The Hall–Kier alpha value is -2.13. The van der Waals surface area contributed by atoms with Gasteiger partial charge < -0.3 is 4.74 Å². The minimum atomic E-state index is -0.383. The van der Waals surface area contributed by atoms with Crippen LogP contribution in [0.5, 0.6) is 0 Å². The number of ether oxygens (including phenoxy) is 1. The third-order valence-corrected chi connectivity index (χ3v) is 4.51. The van der Waals surface area contributed by atoms with Crippen molar-refractivity contribution in [2.24, 2.45) is 5.90 Å². The third kappa shape index (κ3) is 3.77. The Labute approximate surface area is 149 Å². The summed E-state index contributed by atoms with van der Waals surface area (Å²) < 4.78 is 11.6. The first-order valence-corrected chi connectivity index (χ1v) is 8.65. The smallest absolute Gasteiger partial charge is 0.359 e. The van der Waals surface area contributed by atoms with E-state index < -0.39 is 0 Å². The molecule has 1 aromatic carbocycles. The molecule has 0 aliphatic heterocycles. The standard InChI is InChI=1S/C17H19N3O4S/c1-3-22-17(21)16-14-9-4-11(2)10-15(14)20(19-16)12-5-7-13(8-6-12)25-24-23-18/h5-8,10H,3-4,9,18H2,1-2H3. The van der Waals surface area contributed by atoms with Crippen LogP contribution < -0.4 is 5.90 Å². The van der Waals surface area contributed by atoms with Crippen molar-refractivity contribution in [1.29, 1.82) is 0 Å². The van der Waals surface area contributed by atoms with E-state index in [0.29, 0.717) is 12.3 Å². The Morgan fingerprint density at radius 1 is 1.32 bits per heavy atom. The highest BCUT2D eigenvalue weighted by molar-refractivity contribution is 7.94. The molecule has 1 aliphatic carbocycles. The monoisotopic (exact) mass is 361 g/mol. The van der Waals surface area contributed by atoms with Crippen LogP contribution in [0.15, 0.2) is 34.7 Å². The summed E-state index contributed by atoms with van der Waals surface area (Å²) in [5.41, 5.74) is 4.34. The lowest BCUT2D eigenvalue weighted by molar-refractivity contribution is -0.195. The molecule has 0 bridgehead atoms. The number of nitrogens with two attached hydrogens (primary N) is 1. The van der Waals surface area contributed by atoms with Gasteiger partial charge in [-0.25, -0.2) is 9.48 Å². The minimum Gasteiger partial charge on any atom is -0.461 e. The number of nitrogens with zero attached hydrogens (tertiary/aromatic N) is 2. The highest BCUT2D eigenvalue weighted by Gasteiger charge is 2.25. The van der Waals surface area contributed by atoms with Gasteiger partial charge in [0.05, 0.1) is 30.0 Å². The molecule has 0 atom stereocenters. The molecule has 2 N–H and O–H groups in total. The third-order valence-electron chi connectivity index (χ3n) is 3.90. The number of rotatable bonds is 6. The molecule has 132 valence electrons. The SMILES string of the molecule is CCOC(=O)c1nn(-c2ccc(SOON)cc2)c2c1CCC(C)=C2. The van der Waals surface area contributed by atoms with Crippen molar-refractivity contribution in [2.45, 2.75) is 31.6 Å². The number of allylic oxidation sites excluding steroid dienone is 1. The van der Waals surface area contributed by atoms with Crippen LogP contribution in [0.1, 0.15) is 42.0 Å². The molecular formula is C17H19N3O4S. The summed E-state index contributed by atoms with van der Waals surface area (Å²) in [4.78, 5) is 17.2. The second-order valence-electron chi connectivity index (χ2n) is 5.58. The van der Waals surface area contributed by atoms with Gasteiger partial charge in [-0.2, -0.15) is 11.0 Å². The van der Waals surface area contributed by atoms with Gasteiger partial charge in [0.1, 0.15) is 0 Å². The summed E-state index contributed by atoms with van der Waals surface area (Å²) in [7, 11) is 0. The lowest BCUT2D eigenvalue weighted by atomic mass is 9.96. The number of carbonyl (C=O) groups excluding carboxylic acids is 1. The number of carbonyl (C=O) groups is 1. The molecule has 25 heavy (non-hydrogen) atoms. The van der Waals surface area contributed by atoms with Crippen LogP contribution in [0.25, 0.3) is 11.8 Å². The minimum absolute atomic E-state index is 0.324. The van der Waals surface area contributed by atoms with Crippen LogP contribution in [0.2, 0.25) is 0 Å². The average molecular weight is 361 g/mol. The van der Waals surface area contributed by atoms with Crippen LogP contribution in [-0.4, -0.2) is 22.4 Å². The maximum atomic E-state index is 12.3. The second-order valence-corrected chi connectivity index (χ2v) is 6.35. The predicted octanol–water partition coefficient (Wildman–Crippen LogP) is 3.23. The first kappa shape index (κ1) is 17.7. The van der Waals surface area contributed by atoms with Crippen LogP contribution in [0, 0.1) is 0 Å². The number of aromatic nitrogens is 2. The highest BCUT2D eigenvalue weighted by Crippen LogP contribution is 2.30. The van der Waals surface area contributed by atoms with Crippen LogP contribution >= 0.6 is 12.0 Å². The molecule has 0 amide bonds. The summed E-state index contributed by atoms with van der Waals surface area (Å²) >= 11 is 1.01. The van der Waals surface area contributed by atoms with Crippen molar-refractivity contribution in [3.05, 3.63) is 46.8 Å². The molecule has 0 saturated heterocycles. The fourth-order valence-electron chi connectivity index (χ4n) is 2.75. The molecule has 3 rings (SSSR count). The summed E-state index contributed by atoms with van der Waals surface area (Å²) in [6.45, 7) is 4.19. The van der Waals surface area contributed by atoms with Gasteiger partial charge >= 0.3 is 5.97 Å². The van der Waals surface area contributed by atoms with E-state index in [4.69, 9.17) is 10.6 Å². The molecule has 7 nitrogen and oxygen atoms in total. The quantitative estimate of drug-likeness (QED) is 0.366. The zero-order chi connectivity index (χ0) is 17.8. The zero-order valence-corrected chi connectivity index (χ0v) is 14.8. The number of hydrogen-bond acceptors (Lipinski definition) is 7. The molecule has 8 heteroatoms. The van der Waals surface area contributed by atoms with Gasteiger partial charge in [0, 0.05) is 10.5 Å². The fourth-order valence-corrected chi connectivity index (χ4v) is 3.11. The van der Waals surface area contributed by atoms with Gasteiger partial charge in [-0.1, -0.05) is 5.57 Å². The number of benzene rings is 1. The summed E-state index contributed by atoms with van der Waals surface area (Å²) in [5, 5.41) is 4.52.